The molecule has 9 heteroatoms. The van der Waals surface area contributed by atoms with Crippen LogP contribution in [-0.2, 0) is 0 Å². The highest BCUT2D eigenvalue weighted by atomic mass is 79.9. The fourth-order valence-corrected chi connectivity index (χ4v) is 2.10. The number of aromatic nitrogens is 4. The molecule has 0 unspecified atom stereocenters. The fraction of sp³-hybridized carbons (Fsp3) is 0.0833. The summed E-state index contributed by atoms with van der Waals surface area (Å²) in [5.74, 6) is -0.583. The molecule has 0 atom stereocenters. The smallest absolute Gasteiger partial charge is 0.226 e. The predicted molar refractivity (Wildman–Crippen MR) is 78.6 cm³/mol. The second kappa shape index (κ2) is 5.24. The van der Waals surface area contributed by atoms with Crippen molar-refractivity contribution in [3.63, 3.8) is 0 Å². The van der Waals surface area contributed by atoms with E-state index in [1.807, 2.05) is 0 Å². The van der Waals surface area contributed by atoms with Crippen molar-refractivity contribution in [2.75, 3.05) is 17.7 Å². The third-order valence-corrected chi connectivity index (χ3v) is 3.38. The summed E-state index contributed by atoms with van der Waals surface area (Å²) in [6.45, 7) is 0. The number of imidazole rings is 1. The van der Waals surface area contributed by atoms with Crippen molar-refractivity contribution < 1.29 is 8.78 Å². The molecule has 0 fully saturated rings. The van der Waals surface area contributed by atoms with E-state index >= 15 is 0 Å². The maximum atomic E-state index is 13.9. The van der Waals surface area contributed by atoms with Gasteiger partial charge >= 0.3 is 0 Å². The van der Waals surface area contributed by atoms with Crippen LogP contribution in [0.2, 0.25) is 0 Å². The SMILES string of the molecule is CNc1nc(Nc2cc(F)c(Br)cc2F)c2[nH]cnc2n1. The number of hydrogen-bond acceptors (Lipinski definition) is 5. The van der Waals surface area contributed by atoms with Crippen molar-refractivity contribution in [3.8, 4) is 0 Å². The molecule has 0 aliphatic carbocycles. The zero-order chi connectivity index (χ0) is 15.0. The molecule has 6 nitrogen and oxygen atoms in total. The van der Waals surface area contributed by atoms with E-state index in [0.29, 0.717) is 22.9 Å². The molecule has 1 aromatic carbocycles. The van der Waals surface area contributed by atoms with Crippen LogP contribution in [-0.4, -0.2) is 27.0 Å². The number of hydrogen-bond donors (Lipinski definition) is 3. The number of rotatable bonds is 3. The van der Waals surface area contributed by atoms with Crippen molar-refractivity contribution in [1.82, 2.24) is 19.9 Å². The Kier molecular flexibility index (Phi) is 3.42. The van der Waals surface area contributed by atoms with Gasteiger partial charge in [-0.1, -0.05) is 0 Å². The Morgan fingerprint density at radius 1 is 1.19 bits per heavy atom. The highest BCUT2D eigenvalue weighted by molar-refractivity contribution is 9.10. The number of aromatic amines is 1. The van der Waals surface area contributed by atoms with Gasteiger partial charge in [-0.2, -0.15) is 9.97 Å². The average Bonchev–Trinajstić information content (AvgIpc) is 2.93. The topological polar surface area (TPSA) is 78.5 Å². The lowest BCUT2D eigenvalue weighted by Crippen LogP contribution is -2.03. The van der Waals surface area contributed by atoms with Crippen LogP contribution >= 0.6 is 15.9 Å². The highest BCUT2D eigenvalue weighted by Gasteiger charge is 2.13. The van der Waals surface area contributed by atoms with Gasteiger partial charge in [0.1, 0.15) is 17.2 Å². The Labute approximate surface area is 126 Å². The molecule has 0 amide bonds. The van der Waals surface area contributed by atoms with Gasteiger partial charge in [0.05, 0.1) is 16.5 Å². The van der Waals surface area contributed by atoms with E-state index < -0.39 is 11.6 Å². The van der Waals surface area contributed by atoms with E-state index in [1.165, 1.54) is 6.33 Å². The maximum absolute atomic E-state index is 13.9. The summed E-state index contributed by atoms with van der Waals surface area (Å²) >= 11 is 2.93. The van der Waals surface area contributed by atoms with Crippen LogP contribution < -0.4 is 10.6 Å². The lowest BCUT2D eigenvalue weighted by Gasteiger charge is -2.09. The quantitative estimate of drug-likeness (QED) is 0.629. The summed E-state index contributed by atoms with van der Waals surface area (Å²) in [6.07, 6.45) is 1.45. The maximum Gasteiger partial charge on any atom is 0.226 e. The van der Waals surface area contributed by atoms with Crippen LogP contribution in [0.5, 0.6) is 0 Å². The van der Waals surface area contributed by atoms with E-state index in [4.69, 9.17) is 0 Å². The molecule has 0 saturated heterocycles. The summed E-state index contributed by atoms with van der Waals surface area (Å²) in [4.78, 5) is 15.2. The highest BCUT2D eigenvalue weighted by Crippen LogP contribution is 2.28. The van der Waals surface area contributed by atoms with E-state index in [2.05, 4.69) is 46.5 Å². The summed E-state index contributed by atoms with van der Waals surface area (Å²) < 4.78 is 27.5. The minimum absolute atomic E-state index is 0.0349. The number of halogens is 3. The van der Waals surface area contributed by atoms with Crippen LogP contribution in [0.1, 0.15) is 0 Å². The van der Waals surface area contributed by atoms with Crippen LogP contribution in [0.3, 0.4) is 0 Å². The third kappa shape index (κ3) is 2.51. The van der Waals surface area contributed by atoms with Crippen LogP contribution in [0.4, 0.5) is 26.2 Å². The molecule has 2 heterocycles. The Balaban J connectivity index is 2.09. The molecule has 0 aliphatic rings. The first-order valence-corrected chi connectivity index (χ1v) is 6.68. The monoisotopic (exact) mass is 354 g/mol. The molecule has 3 aromatic rings. The zero-order valence-corrected chi connectivity index (χ0v) is 12.3. The average molecular weight is 355 g/mol. The summed E-state index contributed by atoms with van der Waals surface area (Å²) in [6, 6.07) is 2.09. The van der Waals surface area contributed by atoms with Crippen molar-refractivity contribution in [1.29, 1.82) is 0 Å². The molecule has 0 aliphatic heterocycles. The van der Waals surface area contributed by atoms with Crippen molar-refractivity contribution in [2.24, 2.45) is 0 Å². The molecule has 108 valence electrons. The van der Waals surface area contributed by atoms with Crippen molar-refractivity contribution in [2.45, 2.75) is 0 Å². The largest absolute Gasteiger partial charge is 0.357 e. The van der Waals surface area contributed by atoms with Gasteiger partial charge in [-0.3, -0.25) is 0 Å². The molecule has 0 bridgehead atoms. The second-order valence-corrected chi connectivity index (χ2v) is 4.97. The van der Waals surface area contributed by atoms with Crippen LogP contribution in [0.15, 0.2) is 22.9 Å². The first-order chi connectivity index (χ1) is 10.1. The molecule has 3 rings (SSSR count). The molecule has 0 saturated carbocycles. The van der Waals surface area contributed by atoms with E-state index in [0.717, 1.165) is 12.1 Å². The molecule has 2 aromatic heterocycles. The molecule has 0 spiro atoms. The molecule has 21 heavy (non-hydrogen) atoms. The summed E-state index contributed by atoms with van der Waals surface area (Å²) in [5.41, 5.74) is 0.874. The number of benzene rings is 1. The number of nitrogens with one attached hydrogen (secondary N) is 3. The van der Waals surface area contributed by atoms with Crippen LogP contribution in [0.25, 0.3) is 11.2 Å². The fourth-order valence-electron chi connectivity index (χ4n) is 1.78. The molecule has 3 N–H and O–H groups in total. The van der Waals surface area contributed by atoms with Gasteiger partial charge in [0, 0.05) is 13.1 Å². The Morgan fingerprint density at radius 3 is 2.76 bits per heavy atom. The van der Waals surface area contributed by atoms with Gasteiger partial charge in [0.2, 0.25) is 5.95 Å². The molecule has 0 radical (unpaired) electrons. The van der Waals surface area contributed by atoms with E-state index in [9.17, 15) is 8.78 Å². The number of fused-ring (bicyclic) bond motifs is 1. The Hall–Kier alpha value is -2.29. The zero-order valence-electron chi connectivity index (χ0n) is 10.7. The number of nitrogens with zero attached hydrogens (tertiary/aromatic N) is 3. The van der Waals surface area contributed by atoms with Gasteiger partial charge in [0.15, 0.2) is 11.5 Å². The summed E-state index contributed by atoms with van der Waals surface area (Å²) in [7, 11) is 1.65. The minimum atomic E-state index is -0.611. The minimum Gasteiger partial charge on any atom is -0.357 e. The number of H-pyrrole nitrogens is 1. The van der Waals surface area contributed by atoms with Gasteiger partial charge in [-0.25, -0.2) is 13.8 Å². The number of anilines is 3. The third-order valence-electron chi connectivity index (χ3n) is 2.77. The summed E-state index contributed by atoms with van der Waals surface area (Å²) in [5, 5.41) is 5.52. The van der Waals surface area contributed by atoms with Crippen molar-refractivity contribution in [3.05, 3.63) is 34.6 Å². The first-order valence-electron chi connectivity index (χ1n) is 5.89. The van der Waals surface area contributed by atoms with E-state index in [-0.39, 0.29) is 10.2 Å². The lowest BCUT2D eigenvalue weighted by molar-refractivity contribution is 0.598. The molecular weight excluding hydrogens is 346 g/mol. The predicted octanol–water partition coefficient (Wildman–Crippen LogP) is 3.18. The Morgan fingerprint density at radius 2 is 2.00 bits per heavy atom. The van der Waals surface area contributed by atoms with E-state index in [1.54, 1.807) is 7.05 Å². The standard InChI is InChI=1S/C12H9BrF2N6/c1-16-12-20-10-9(17-4-18-10)11(21-12)19-8-3-6(14)5(13)2-7(8)15/h2-4H,1H3,(H3,16,17,18,19,20,21). The van der Waals surface area contributed by atoms with Crippen LogP contribution in [0, 0.1) is 11.6 Å². The van der Waals surface area contributed by atoms with Gasteiger partial charge in [-0.05, 0) is 22.0 Å². The van der Waals surface area contributed by atoms with Gasteiger partial charge in [0.25, 0.3) is 0 Å². The van der Waals surface area contributed by atoms with Gasteiger partial charge < -0.3 is 15.6 Å². The van der Waals surface area contributed by atoms with Gasteiger partial charge in [-0.15, -0.1) is 0 Å². The second-order valence-electron chi connectivity index (χ2n) is 4.12. The molecular formula is C12H9BrF2N6. The van der Waals surface area contributed by atoms with Crippen molar-refractivity contribution >= 4 is 44.5 Å². The normalized spacial score (nSPS) is 10.9. The lowest BCUT2D eigenvalue weighted by atomic mass is 10.3. The Bertz CT molecular complexity index is 819. The first kappa shape index (κ1) is 13.7.